The van der Waals surface area contributed by atoms with Gasteiger partial charge in [-0.2, -0.15) is 0 Å². The minimum absolute atomic E-state index is 0.258. The number of carbonyl (C=O) groups is 2. The highest BCUT2D eigenvalue weighted by Crippen LogP contribution is 2.28. The maximum absolute atomic E-state index is 13.0. The second-order valence-corrected chi connectivity index (χ2v) is 8.06. The van der Waals surface area contributed by atoms with Gasteiger partial charge in [-0.05, 0) is 48.4 Å². The molecule has 1 heterocycles. The highest BCUT2D eigenvalue weighted by atomic mass is 35.5. The number of aliphatic hydroxyl groups excluding tert-OH is 2. The molecular weight excluding hydrogens is 404 g/mol. The molecule has 0 saturated carbocycles. The van der Waals surface area contributed by atoms with Crippen molar-refractivity contribution >= 4 is 40.9 Å². The second-order valence-electron chi connectivity index (χ2n) is 6.30. The average molecular weight is 423 g/mol. The van der Waals surface area contributed by atoms with Crippen molar-refractivity contribution in [2.24, 2.45) is 0 Å². The number of aliphatic hydroxyl groups is 2. The summed E-state index contributed by atoms with van der Waals surface area (Å²) in [7, 11) is 0. The van der Waals surface area contributed by atoms with E-state index in [4.69, 9.17) is 11.6 Å². The summed E-state index contributed by atoms with van der Waals surface area (Å²) >= 11 is 7.08. The zero-order valence-electron chi connectivity index (χ0n) is 14.7. The topological polar surface area (TPSA) is 110 Å². The van der Waals surface area contributed by atoms with Crippen LogP contribution in [-0.2, 0) is 11.2 Å². The lowest BCUT2D eigenvalue weighted by molar-refractivity contribution is -0.135. The number of amides is 1. The van der Waals surface area contributed by atoms with E-state index >= 15 is 0 Å². The van der Waals surface area contributed by atoms with E-state index in [1.54, 1.807) is 42.5 Å². The van der Waals surface area contributed by atoms with Gasteiger partial charge in [-0.3, -0.25) is 19.8 Å². The lowest BCUT2D eigenvalue weighted by Crippen LogP contribution is -2.36. The van der Waals surface area contributed by atoms with E-state index in [0.717, 1.165) is 5.56 Å². The fraction of sp³-hybridized carbons (Fsp3) is 0.263. The van der Waals surface area contributed by atoms with Gasteiger partial charge < -0.3 is 15.3 Å². The summed E-state index contributed by atoms with van der Waals surface area (Å²) in [4.78, 5) is 25.4. The van der Waals surface area contributed by atoms with Crippen molar-refractivity contribution in [2.45, 2.75) is 23.5 Å². The molecule has 3 unspecified atom stereocenters. The monoisotopic (exact) mass is 422 g/mol. The number of rotatable bonds is 6. The summed E-state index contributed by atoms with van der Waals surface area (Å²) in [5.74, 6) is -1.59. The molecule has 0 bridgehead atoms. The Balaban J connectivity index is 1.82. The number of hydrogen-bond acceptors (Lipinski definition) is 6. The Labute approximate surface area is 170 Å². The van der Waals surface area contributed by atoms with Crippen LogP contribution in [-0.4, -0.2) is 50.8 Å². The van der Waals surface area contributed by atoms with Crippen molar-refractivity contribution < 1.29 is 24.9 Å². The van der Waals surface area contributed by atoms with Crippen molar-refractivity contribution in [2.75, 3.05) is 11.4 Å². The minimum atomic E-state index is -1.13. The maximum atomic E-state index is 13.0. The van der Waals surface area contributed by atoms with Gasteiger partial charge >= 0.3 is 5.97 Å². The van der Waals surface area contributed by atoms with Crippen LogP contribution in [0.4, 0.5) is 5.69 Å². The molecule has 0 spiro atoms. The predicted molar refractivity (Wildman–Crippen MR) is 107 cm³/mol. The van der Waals surface area contributed by atoms with E-state index in [0.29, 0.717) is 22.7 Å². The Bertz CT molecular complexity index is 864. The SMILES string of the molecule is O=C(O)CN(C(=O)c1cccc(CC2SC(O)NC2O)c1)c1ccc(Cl)cc1. The third-order valence-corrected chi connectivity index (χ3v) is 5.68. The molecule has 2 aromatic carbocycles. The lowest BCUT2D eigenvalue weighted by atomic mass is 10.0. The molecule has 7 nitrogen and oxygen atoms in total. The Kier molecular flexibility index (Phi) is 6.58. The fourth-order valence-electron chi connectivity index (χ4n) is 2.95. The number of carboxylic acids is 1. The fourth-order valence-corrected chi connectivity index (χ4v) is 4.14. The number of hydrogen-bond donors (Lipinski definition) is 4. The lowest BCUT2D eigenvalue weighted by Gasteiger charge is -2.21. The maximum Gasteiger partial charge on any atom is 0.323 e. The standard InChI is InChI=1S/C19H19ClN2O5S/c20-13-4-6-14(7-5-13)22(10-16(23)24)18(26)12-3-1-2-11(8-12)9-15-17(25)21-19(27)28-15/h1-8,15,17,19,21,25,27H,9-10H2,(H,23,24). The third-order valence-electron chi connectivity index (χ3n) is 4.26. The highest BCUT2D eigenvalue weighted by Gasteiger charge is 2.32. The van der Waals surface area contributed by atoms with Gasteiger partial charge in [-0.1, -0.05) is 23.7 Å². The zero-order chi connectivity index (χ0) is 20.3. The third kappa shape index (κ3) is 5.03. The number of aliphatic carboxylic acids is 1. The van der Waals surface area contributed by atoms with Crippen LogP contribution in [0.1, 0.15) is 15.9 Å². The summed E-state index contributed by atoms with van der Waals surface area (Å²) in [6.45, 7) is -0.488. The van der Waals surface area contributed by atoms with Gasteiger partial charge in [-0.25, -0.2) is 0 Å². The molecule has 3 rings (SSSR count). The molecule has 1 amide bonds. The number of nitrogens with zero attached hydrogens (tertiary/aromatic N) is 1. The Morgan fingerprint density at radius 2 is 1.86 bits per heavy atom. The van der Waals surface area contributed by atoms with Crippen LogP contribution in [0.5, 0.6) is 0 Å². The number of halogens is 1. The molecule has 1 fully saturated rings. The summed E-state index contributed by atoms with van der Waals surface area (Å²) in [5, 5.41) is 31.5. The Morgan fingerprint density at radius 1 is 1.14 bits per heavy atom. The van der Waals surface area contributed by atoms with E-state index in [1.807, 2.05) is 6.07 Å². The number of thioether (sulfide) groups is 1. The molecule has 148 valence electrons. The molecule has 4 N–H and O–H groups in total. The summed E-state index contributed by atoms with van der Waals surface area (Å²) in [6.07, 6.45) is -0.409. The molecule has 1 saturated heterocycles. The van der Waals surface area contributed by atoms with Gasteiger partial charge in [0.25, 0.3) is 5.91 Å². The highest BCUT2D eigenvalue weighted by molar-refractivity contribution is 8.00. The number of benzene rings is 2. The van der Waals surface area contributed by atoms with Crippen LogP contribution >= 0.6 is 23.4 Å². The first-order valence-electron chi connectivity index (χ1n) is 8.49. The molecule has 28 heavy (non-hydrogen) atoms. The molecule has 2 aromatic rings. The van der Waals surface area contributed by atoms with E-state index in [1.165, 1.54) is 16.7 Å². The first kappa shape index (κ1) is 20.6. The van der Waals surface area contributed by atoms with Gasteiger partial charge in [0, 0.05) is 16.3 Å². The van der Waals surface area contributed by atoms with Gasteiger partial charge in [0.05, 0.1) is 5.25 Å². The molecule has 9 heteroatoms. The summed E-state index contributed by atoms with van der Waals surface area (Å²) < 4.78 is 0. The predicted octanol–water partition coefficient (Wildman–Crippen LogP) is 1.91. The van der Waals surface area contributed by atoms with Crippen LogP contribution in [0.2, 0.25) is 5.02 Å². The number of carbonyl (C=O) groups excluding carboxylic acids is 1. The normalized spacial score (nSPS) is 21.5. The zero-order valence-corrected chi connectivity index (χ0v) is 16.2. The average Bonchev–Trinajstić information content (AvgIpc) is 2.97. The molecule has 3 atom stereocenters. The molecular formula is C19H19ClN2O5S. The molecule has 1 aliphatic rings. The van der Waals surface area contributed by atoms with Crippen LogP contribution in [0.15, 0.2) is 48.5 Å². The molecule has 0 aromatic heterocycles. The number of carboxylic acid groups (broad SMARTS) is 1. The van der Waals surface area contributed by atoms with Crippen LogP contribution in [0, 0.1) is 0 Å². The summed E-state index contributed by atoms with van der Waals surface area (Å²) in [5.41, 5.74) is 0.724. The van der Waals surface area contributed by atoms with Crippen molar-refractivity contribution in [3.05, 3.63) is 64.7 Å². The molecule has 0 radical (unpaired) electrons. The van der Waals surface area contributed by atoms with Crippen molar-refractivity contribution in [3.8, 4) is 0 Å². The smallest absolute Gasteiger partial charge is 0.323 e. The Morgan fingerprint density at radius 3 is 2.46 bits per heavy atom. The second kappa shape index (κ2) is 8.93. The van der Waals surface area contributed by atoms with Gasteiger partial charge in [0.15, 0.2) is 5.56 Å². The quantitative estimate of drug-likeness (QED) is 0.562. The minimum Gasteiger partial charge on any atom is -0.480 e. The molecule has 1 aliphatic heterocycles. The van der Waals surface area contributed by atoms with Crippen LogP contribution < -0.4 is 10.2 Å². The van der Waals surface area contributed by atoms with Crippen molar-refractivity contribution in [1.29, 1.82) is 0 Å². The number of anilines is 1. The van der Waals surface area contributed by atoms with Crippen molar-refractivity contribution in [3.63, 3.8) is 0 Å². The van der Waals surface area contributed by atoms with E-state index in [2.05, 4.69) is 5.32 Å². The van der Waals surface area contributed by atoms with Crippen LogP contribution in [0.3, 0.4) is 0 Å². The van der Waals surface area contributed by atoms with E-state index in [9.17, 15) is 24.9 Å². The van der Waals surface area contributed by atoms with Crippen molar-refractivity contribution in [1.82, 2.24) is 5.32 Å². The Hall–Kier alpha value is -2.10. The molecule has 0 aliphatic carbocycles. The van der Waals surface area contributed by atoms with Gasteiger partial charge in [-0.15, -0.1) is 11.8 Å². The van der Waals surface area contributed by atoms with Gasteiger partial charge in [0.2, 0.25) is 0 Å². The van der Waals surface area contributed by atoms with E-state index in [-0.39, 0.29) is 5.25 Å². The number of nitrogens with one attached hydrogen (secondary N) is 1. The largest absolute Gasteiger partial charge is 0.480 e. The van der Waals surface area contributed by atoms with E-state index < -0.39 is 30.2 Å². The summed E-state index contributed by atoms with van der Waals surface area (Å²) in [6, 6.07) is 13.2. The van der Waals surface area contributed by atoms with Gasteiger partial charge in [0.1, 0.15) is 12.8 Å². The first-order valence-corrected chi connectivity index (χ1v) is 9.81. The first-order chi connectivity index (χ1) is 13.3. The van der Waals surface area contributed by atoms with Crippen LogP contribution in [0.25, 0.3) is 0 Å².